The minimum atomic E-state index is -0.826. The van der Waals surface area contributed by atoms with E-state index < -0.39 is 6.17 Å². The van der Waals surface area contributed by atoms with Gasteiger partial charge in [-0.15, -0.1) is 11.3 Å². The molecule has 1 saturated heterocycles. The maximum Gasteiger partial charge on any atom is 0.145 e. The molecule has 0 aliphatic carbocycles. The molecule has 0 bridgehead atoms. The van der Waals surface area contributed by atoms with Crippen molar-refractivity contribution in [3.63, 3.8) is 0 Å². The lowest BCUT2D eigenvalue weighted by molar-refractivity contribution is 0.174. The molecule has 0 saturated carbocycles. The number of nitrogens with one attached hydrogen (secondary N) is 1. The van der Waals surface area contributed by atoms with Crippen LogP contribution in [0.2, 0.25) is 0 Å². The van der Waals surface area contributed by atoms with Gasteiger partial charge in [0.05, 0.1) is 6.04 Å². The van der Waals surface area contributed by atoms with E-state index in [2.05, 4.69) is 10.4 Å². The number of rotatable bonds is 1. The Morgan fingerprint density at radius 2 is 2.53 bits per heavy atom. The van der Waals surface area contributed by atoms with Gasteiger partial charge in [0, 0.05) is 18.1 Å². The molecule has 1 aliphatic rings. The van der Waals surface area contributed by atoms with Crippen LogP contribution >= 0.6 is 11.3 Å². The molecular weight excluding hydrogens is 213 g/mol. The van der Waals surface area contributed by atoms with Crippen molar-refractivity contribution in [2.24, 2.45) is 0 Å². The summed E-state index contributed by atoms with van der Waals surface area (Å²) in [5, 5.41) is 10.6. The third-order valence-corrected chi connectivity index (χ3v) is 3.68. The number of fused-ring (bicyclic) bond motifs is 1. The van der Waals surface area contributed by atoms with E-state index in [1.807, 2.05) is 17.6 Å². The zero-order chi connectivity index (χ0) is 10.3. The fraction of sp³-hybridized carbons (Fsp3) is 0.500. The predicted molar refractivity (Wildman–Crippen MR) is 59.0 cm³/mol. The Hall–Kier alpha value is -0.940. The number of hydrogen-bond acceptors (Lipinski definition) is 3. The van der Waals surface area contributed by atoms with Gasteiger partial charge in [0.1, 0.15) is 11.0 Å². The Bertz CT molecular complexity index is 435. The standard InChI is InChI=1S/C10H12FN3S/c11-8-5-12-3-1-9(8)14-6-7-2-4-15-10(7)13-14/h2,4,6,8-9,12H,1,3,5H2/t8-,9+/m1/s1. The number of aromatic nitrogens is 2. The molecule has 2 aromatic rings. The van der Waals surface area contributed by atoms with E-state index in [1.165, 1.54) is 0 Å². The van der Waals surface area contributed by atoms with E-state index in [0.29, 0.717) is 6.54 Å². The van der Waals surface area contributed by atoms with Crippen LogP contribution in [-0.2, 0) is 0 Å². The molecule has 5 heteroatoms. The SMILES string of the molecule is F[C@@H]1CNCC[C@@H]1n1cc2ccsc2n1. The fourth-order valence-corrected chi connectivity index (χ4v) is 2.78. The van der Waals surface area contributed by atoms with Crippen LogP contribution in [0.1, 0.15) is 12.5 Å². The molecule has 0 amide bonds. The van der Waals surface area contributed by atoms with Gasteiger partial charge >= 0.3 is 0 Å². The molecule has 3 nitrogen and oxygen atoms in total. The smallest absolute Gasteiger partial charge is 0.145 e. The summed E-state index contributed by atoms with van der Waals surface area (Å²) in [5.41, 5.74) is 0. The van der Waals surface area contributed by atoms with Gasteiger partial charge in [-0.05, 0) is 24.4 Å². The molecule has 2 aromatic heterocycles. The maximum atomic E-state index is 13.6. The van der Waals surface area contributed by atoms with Crippen LogP contribution in [0.5, 0.6) is 0 Å². The first kappa shape index (κ1) is 9.30. The Morgan fingerprint density at radius 3 is 3.33 bits per heavy atom. The average Bonchev–Trinajstić information content (AvgIpc) is 2.77. The quantitative estimate of drug-likeness (QED) is 0.804. The van der Waals surface area contributed by atoms with E-state index in [0.717, 1.165) is 23.2 Å². The number of piperidine rings is 1. The van der Waals surface area contributed by atoms with Gasteiger partial charge in [-0.1, -0.05) is 0 Å². The molecule has 2 atom stereocenters. The lowest BCUT2D eigenvalue weighted by atomic mass is 10.1. The molecule has 0 radical (unpaired) electrons. The summed E-state index contributed by atoms with van der Waals surface area (Å²) in [4.78, 5) is 1.00. The van der Waals surface area contributed by atoms with Crippen LogP contribution in [0.3, 0.4) is 0 Å². The second kappa shape index (κ2) is 3.57. The highest BCUT2D eigenvalue weighted by atomic mass is 32.1. The Morgan fingerprint density at radius 1 is 1.60 bits per heavy atom. The molecule has 3 heterocycles. The van der Waals surface area contributed by atoms with E-state index in [9.17, 15) is 4.39 Å². The first-order chi connectivity index (χ1) is 7.34. The van der Waals surface area contributed by atoms with Crippen molar-refractivity contribution in [3.8, 4) is 0 Å². The molecule has 1 fully saturated rings. The molecule has 15 heavy (non-hydrogen) atoms. The van der Waals surface area contributed by atoms with Crippen LogP contribution < -0.4 is 5.32 Å². The average molecular weight is 225 g/mol. The molecular formula is C10H12FN3S. The van der Waals surface area contributed by atoms with Gasteiger partial charge < -0.3 is 5.32 Å². The van der Waals surface area contributed by atoms with Gasteiger partial charge in [0.15, 0.2) is 0 Å². The zero-order valence-corrected chi connectivity index (χ0v) is 9.01. The zero-order valence-electron chi connectivity index (χ0n) is 8.19. The van der Waals surface area contributed by atoms with Crippen molar-refractivity contribution >= 4 is 21.6 Å². The molecule has 1 aliphatic heterocycles. The van der Waals surface area contributed by atoms with Crippen molar-refractivity contribution in [3.05, 3.63) is 17.6 Å². The Balaban J connectivity index is 1.95. The number of nitrogens with zero attached hydrogens (tertiary/aromatic N) is 2. The highest BCUT2D eigenvalue weighted by Gasteiger charge is 2.26. The number of hydrogen-bond donors (Lipinski definition) is 1. The first-order valence-electron chi connectivity index (χ1n) is 5.12. The van der Waals surface area contributed by atoms with Gasteiger partial charge in [-0.3, -0.25) is 4.68 Å². The summed E-state index contributed by atoms with van der Waals surface area (Å²) >= 11 is 1.60. The van der Waals surface area contributed by atoms with Crippen molar-refractivity contribution in [2.75, 3.05) is 13.1 Å². The lowest BCUT2D eigenvalue weighted by Crippen LogP contribution is -2.39. The van der Waals surface area contributed by atoms with Gasteiger partial charge in [0.2, 0.25) is 0 Å². The summed E-state index contributed by atoms with van der Waals surface area (Å²) < 4.78 is 15.4. The van der Waals surface area contributed by atoms with E-state index >= 15 is 0 Å². The highest BCUT2D eigenvalue weighted by molar-refractivity contribution is 7.16. The van der Waals surface area contributed by atoms with Crippen molar-refractivity contribution in [1.29, 1.82) is 0 Å². The van der Waals surface area contributed by atoms with Crippen LogP contribution in [0.25, 0.3) is 10.2 Å². The summed E-state index contributed by atoms with van der Waals surface area (Å²) in [6.07, 6.45) is 1.94. The van der Waals surface area contributed by atoms with Gasteiger partial charge in [-0.2, -0.15) is 5.10 Å². The summed E-state index contributed by atoms with van der Waals surface area (Å²) in [7, 11) is 0. The van der Waals surface area contributed by atoms with E-state index in [-0.39, 0.29) is 6.04 Å². The largest absolute Gasteiger partial charge is 0.314 e. The first-order valence-corrected chi connectivity index (χ1v) is 6.00. The molecule has 3 rings (SSSR count). The van der Waals surface area contributed by atoms with Crippen molar-refractivity contribution in [1.82, 2.24) is 15.1 Å². The molecule has 1 N–H and O–H groups in total. The molecule has 0 unspecified atom stereocenters. The number of alkyl halides is 1. The minimum Gasteiger partial charge on any atom is -0.314 e. The Kier molecular flexibility index (Phi) is 2.21. The molecule has 0 spiro atoms. The van der Waals surface area contributed by atoms with Gasteiger partial charge in [0.25, 0.3) is 0 Å². The number of halogens is 1. The van der Waals surface area contributed by atoms with Gasteiger partial charge in [-0.25, -0.2) is 4.39 Å². The third-order valence-electron chi connectivity index (χ3n) is 2.87. The predicted octanol–water partition coefficient (Wildman–Crippen LogP) is 1.97. The molecule has 80 valence electrons. The van der Waals surface area contributed by atoms with Crippen molar-refractivity contribution < 1.29 is 4.39 Å². The topological polar surface area (TPSA) is 29.9 Å². The van der Waals surface area contributed by atoms with E-state index in [4.69, 9.17) is 0 Å². The lowest BCUT2D eigenvalue weighted by Gasteiger charge is -2.26. The monoisotopic (exact) mass is 225 g/mol. The highest BCUT2D eigenvalue weighted by Crippen LogP contribution is 2.25. The fourth-order valence-electron chi connectivity index (χ4n) is 2.04. The number of thiophene rings is 1. The maximum absolute atomic E-state index is 13.6. The third kappa shape index (κ3) is 1.55. The van der Waals surface area contributed by atoms with Crippen LogP contribution in [0, 0.1) is 0 Å². The van der Waals surface area contributed by atoms with Crippen LogP contribution in [0.15, 0.2) is 17.6 Å². The minimum absolute atomic E-state index is 0.0918. The summed E-state index contributed by atoms with van der Waals surface area (Å²) in [5.74, 6) is 0. The second-order valence-corrected chi connectivity index (χ2v) is 4.76. The van der Waals surface area contributed by atoms with Crippen LogP contribution in [-0.4, -0.2) is 29.0 Å². The second-order valence-electron chi connectivity index (χ2n) is 3.87. The Labute approximate surface area is 90.9 Å². The summed E-state index contributed by atoms with van der Waals surface area (Å²) in [6, 6.07) is 1.93. The van der Waals surface area contributed by atoms with E-state index in [1.54, 1.807) is 16.0 Å². The van der Waals surface area contributed by atoms with Crippen LogP contribution in [0.4, 0.5) is 4.39 Å². The summed E-state index contributed by atoms with van der Waals surface area (Å²) in [6.45, 7) is 1.32. The molecule has 0 aromatic carbocycles. The van der Waals surface area contributed by atoms with Crippen molar-refractivity contribution in [2.45, 2.75) is 18.6 Å². The normalized spacial score (nSPS) is 27.3.